The molecule has 0 aliphatic carbocycles. The van der Waals surface area contributed by atoms with Crippen LogP contribution in [0.2, 0.25) is 0 Å². The Labute approximate surface area is 193 Å². The van der Waals surface area contributed by atoms with Crippen molar-refractivity contribution in [1.82, 2.24) is 5.32 Å². The van der Waals surface area contributed by atoms with Gasteiger partial charge in [0.1, 0.15) is 11.2 Å². The van der Waals surface area contributed by atoms with Gasteiger partial charge in [-0.05, 0) is 71.9 Å². The highest BCUT2D eigenvalue weighted by Gasteiger charge is 2.40. The van der Waals surface area contributed by atoms with Crippen molar-refractivity contribution < 1.29 is 19.1 Å². The van der Waals surface area contributed by atoms with Gasteiger partial charge in [0.25, 0.3) is 0 Å². The van der Waals surface area contributed by atoms with Crippen LogP contribution in [0.1, 0.15) is 93.2 Å². The zero-order chi connectivity index (χ0) is 24.6. The van der Waals surface area contributed by atoms with E-state index in [-0.39, 0.29) is 5.41 Å². The maximum Gasteiger partial charge on any atom is 0.337 e. The largest absolute Gasteiger partial charge is 0.457 e. The molecule has 1 aromatic rings. The molecule has 0 spiro atoms. The fourth-order valence-corrected chi connectivity index (χ4v) is 3.71. The Kier molecular flexibility index (Phi) is 7.04. The van der Waals surface area contributed by atoms with E-state index >= 15 is 0 Å². The number of nitrogens with one attached hydrogen (secondary N) is 1. The van der Waals surface area contributed by atoms with E-state index < -0.39 is 29.1 Å². The number of esters is 2. The smallest absolute Gasteiger partial charge is 0.337 e. The van der Waals surface area contributed by atoms with Crippen LogP contribution in [0.3, 0.4) is 0 Å². The molecule has 1 aliphatic rings. The van der Waals surface area contributed by atoms with Crippen LogP contribution < -0.4 is 5.32 Å². The average molecular weight is 442 g/mol. The summed E-state index contributed by atoms with van der Waals surface area (Å²) in [5.41, 5.74) is 2.90. The molecule has 0 amide bonds. The SMILES string of the molecule is CC1=C(C(=O)OC(C)(C)C)C(c2ccc(C(C)(C)C)cc2)C(C(=O)OC(C)(C)C)=C(C)N1. The predicted octanol–water partition coefficient (Wildman–Crippen LogP) is 5.90. The third-order valence-corrected chi connectivity index (χ3v) is 5.11. The van der Waals surface area contributed by atoms with Crippen molar-refractivity contribution in [3.05, 3.63) is 57.9 Å². The Hall–Kier alpha value is -2.56. The molecule has 5 nitrogen and oxygen atoms in total. The number of ether oxygens (including phenoxy) is 2. The lowest BCUT2D eigenvalue weighted by Gasteiger charge is -2.33. The molecular weight excluding hydrogens is 402 g/mol. The van der Waals surface area contributed by atoms with E-state index in [1.165, 1.54) is 5.56 Å². The van der Waals surface area contributed by atoms with Crippen molar-refractivity contribution in [1.29, 1.82) is 0 Å². The second-order valence-corrected chi connectivity index (χ2v) is 11.5. The van der Waals surface area contributed by atoms with Gasteiger partial charge in [0.2, 0.25) is 0 Å². The molecule has 32 heavy (non-hydrogen) atoms. The van der Waals surface area contributed by atoms with Crippen molar-refractivity contribution in [2.45, 2.75) is 98.7 Å². The van der Waals surface area contributed by atoms with Crippen molar-refractivity contribution in [2.75, 3.05) is 0 Å². The second kappa shape index (κ2) is 8.76. The van der Waals surface area contributed by atoms with E-state index in [0.717, 1.165) is 5.56 Å². The lowest BCUT2D eigenvalue weighted by Crippen LogP contribution is -2.36. The summed E-state index contributed by atoms with van der Waals surface area (Å²) in [6.07, 6.45) is 0. The first-order chi connectivity index (χ1) is 14.4. The van der Waals surface area contributed by atoms with Crippen LogP contribution in [0.5, 0.6) is 0 Å². The summed E-state index contributed by atoms with van der Waals surface area (Å²) >= 11 is 0. The fourth-order valence-electron chi connectivity index (χ4n) is 3.71. The standard InChI is InChI=1S/C27H39NO4/c1-16-20(23(29)31-26(6,7)8)22(18-12-14-19(15-13-18)25(3,4)5)21(17(2)28-16)24(30)32-27(9,10)11/h12-15,22,28H,1-11H3. The van der Waals surface area contributed by atoms with E-state index in [9.17, 15) is 9.59 Å². The molecule has 1 N–H and O–H groups in total. The van der Waals surface area contributed by atoms with Crippen LogP contribution in [0, 0.1) is 0 Å². The van der Waals surface area contributed by atoms with Gasteiger partial charge in [-0.15, -0.1) is 0 Å². The van der Waals surface area contributed by atoms with Gasteiger partial charge in [-0.1, -0.05) is 45.0 Å². The van der Waals surface area contributed by atoms with Crippen LogP contribution in [-0.4, -0.2) is 23.1 Å². The van der Waals surface area contributed by atoms with Gasteiger partial charge in [0.15, 0.2) is 0 Å². The van der Waals surface area contributed by atoms with E-state index in [2.05, 4.69) is 38.2 Å². The van der Waals surface area contributed by atoms with Gasteiger partial charge < -0.3 is 14.8 Å². The minimum Gasteiger partial charge on any atom is -0.457 e. The number of allylic oxidation sites excluding steroid dienone is 2. The summed E-state index contributed by atoms with van der Waals surface area (Å²) < 4.78 is 11.5. The predicted molar refractivity (Wildman–Crippen MR) is 128 cm³/mol. The molecule has 1 aliphatic heterocycles. The van der Waals surface area contributed by atoms with Crippen molar-refractivity contribution >= 4 is 11.9 Å². The molecule has 2 rings (SSSR count). The first-order valence-electron chi connectivity index (χ1n) is 11.2. The molecule has 0 radical (unpaired) electrons. The van der Waals surface area contributed by atoms with Crippen LogP contribution >= 0.6 is 0 Å². The fraction of sp³-hybridized carbons (Fsp3) is 0.556. The lowest BCUT2D eigenvalue weighted by atomic mass is 9.78. The Bertz CT molecular complexity index is 895. The van der Waals surface area contributed by atoms with Crippen LogP contribution in [0.4, 0.5) is 0 Å². The Morgan fingerprint density at radius 3 is 1.41 bits per heavy atom. The summed E-state index contributed by atoms with van der Waals surface area (Å²) in [5.74, 6) is -1.48. The molecule has 176 valence electrons. The van der Waals surface area contributed by atoms with Crippen molar-refractivity contribution in [2.24, 2.45) is 0 Å². The highest BCUT2D eigenvalue weighted by atomic mass is 16.6. The molecule has 0 unspecified atom stereocenters. The normalized spacial score (nSPS) is 16.1. The number of hydrogen-bond donors (Lipinski definition) is 1. The van der Waals surface area contributed by atoms with Crippen LogP contribution in [0.25, 0.3) is 0 Å². The summed E-state index contributed by atoms with van der Waals surface area (Å²) in [6, 6.07) is 8.10. The third-order valence-electron chi connectivity index (χ3n) is 5.11. The Morgan fingerprint density at radius 1 is 0.719 bits per heavy atom. The van der Waals surface area contributed by atoms with Crippen LogP contribution in [0.15, 0.2) is 46.8 Å². The number of hydrogen-bond acceptors (Lipinski definition) is 5. The summed E-state index contributed by atoms with van der Waals surface area (Å²) in [7, 11) is 0. The minimum atomic E-state index is -0.659. The maximum atomic E-state index is 13.3. The van der Waals surface area contributed by atoms with Gasteiger partial charge in [-0.3, -0.25) is 0 Å². The zero-order valence-corrected chi connectivity index (χ0v) is 21.5. The molecule has 0 saturated carbocycles. The molecule has 0 aromatic heterocycles. The average Bonchev–Trinajstić information content (AvgIpc) is 2.57. The van der Waals surface area contributed by atoms with E-state index in [1.54, 1.807) is 0 Å². The number of carbonyl (C=O) groups is 2. The monoisotopic (exact) mass is 441 g/mol. The molecule has 0 fully saturated rings. The topological polar surface area (TPSA) is 64.6 Å². The first-order valence-corrected chi connectivity index (χ1v) is 11.2. The van der Waals surface area contributed by atoms with Crippen molar-refractivity contribution in [3.63, 3.8) is 0 Å². The van der Waals surface area contributed by atoms with E-state index in [1.807, 2.05) is 67.5 Å². The lowest BCUT2D eigenvalue weighted by molar-refractivity contribution is -0.150. The molecule has 0 saturated heterocycles. The number of rotatable bonds is 3. The number of benzene rings is 1. The minimum absolute atomic E-state index is 0.00778. The highest BCUT2D eigenvalue weighted by Crippen LogP contribution is 2.40. The summed E-state index contributed by atoms with van der Waals surface area (Å²) in [6.45, 7) is 21.1. The second-order valence-electron chi connectivity index (χ2n) is 11.5. The molecular formula is C27H39NO4. The van der Waals surface area contributed by atoms with Gasteiger partial charge in [0, 0.05) is 11.4 Å². The number of carbonyl (C=O) groups excluding carboxylic acids is 2. The quantitative estimate of drug-likeness (QED) is 0.592. The summed E-state index contributed by atoms with van der Waals surface area (Å²) in [4.78, 5) is 26.6. The molecule has 1 heterocycles. The molecule has 1 aromatic carbocycles. The molecule has 0 bridgehead atoms. The Morgan fingerprint density at radius 2 is 1.09 bits per heavy atom. The van der Waals surface area contributed by atoms with Crippen molar-refractivity contribution in [3.8, 4) is 0 Å². The Balaban J connectivity index is 2.66. The first kappa shape index (κ1) is 25.7. The molecule has 5 heteroatoms. The van der Waals surface area contributed by atoms with E-state index in [4.69, 9.17) is 9.47 Å². The van der Waals surface area contributed by atoms with Gasteiger partial charge >= 0.3 is 11.9 Å². The maximum absolute atomic E-state index is 13.3. The van der Waals surface area contributed by atoms with Gasteiger partial charge in [-0.2, -0.15) is 0 Å². The zero-order valence-electron chi connectivity index (χ0n) is 21.5. The third kappa shape index (κ3) is 6.24. The highest BCUT2D eigenvalue weighted by molar-refractivity contribution is 6.00. The summed E-state index contributed by atoms with van der Waals surface area (Å²) in [5, 5.41) is 3.21. The van der Waals surface area contributed by atoms with E-state index in [0.29, 0.717) is 22.5 Å². The van der Waals surface area contributed by atoms with Crippen LogP contribution in [-0.2, 0) is 24.5 Å². The van der Waals surface area contributed by atoms with Gasteiger partial charge in [-0.25, -0.2) is 9.59 Å². The van der Waals surface area contributed by atoms with Gasteiger partial charge in [0.05, 0.1) is 17.1 Å². The molecule has 0 atom stereocenters. The number of dihydropyridines is 1.